The Hall–Kier alpha value is -3.85. The summed E-state index contributed by atoms with van der Waals surface area (Å²) >= 11 is 0. The normalized spacial score (nSPS) is 12.6. The van der Waals surface area contributed by atoms with Crippen molar-refractivity contribution in [2.24, 2.45) is 0 Å². The molecule has 6 aromatic rings. The Labute approximate surface area is 244 Å². The van der Waals surface area contributed by atoms with Crippen molar-refractivity contribution < 1.29 is 24.7 Å². The molecule has 1 aliphatic rings. The van der Waals surface area contributed by atoms with E-state index in [-0.39, 0.29) is 25.5 Å². The number of nitrogens with zero attached hydrogens (tertiary/aromatic N) is 3. The number of hydrogen-bond acceptors (Lipinski definition) is 1. The first-order valence-corrected chi connectivity index (χ1v) is 12.9. The standard InChI is InChI=1S/C24H21N2.C11H8N.Ir/c1-16-12-17(2)14-18(13-16)25-15-26-21-10-6-5-8-19(21)24(3,4)20-9-7-11-22(25)23(20)26;1-2-6-10(7-3-1)11-8-4-5-9-12-11;/h5-9,11-14H,1-4H3;1-6,8-9H;/q2*-1;+3. The summed E-state index contributed by atoms with van der Waals surface area (Å²) in [6.07, 6.45) is 5.39. The van der Waals surface area contributed by atoms with Crippen LogP contribution in [-0.2, 0) is 25.5 Å². The molecule has 0 aliphatic carbocycles. The first-order valence-electron chi connectivity index (χ1n) is 12.9. The van der Waals surface area contributed by atoms with Crippen molar-refractivity contribution in [3.63, 3.8) is 0 Å². The number of rotatable bonds is 2. The van der Waals surface area contributed by atoms with E-state index in [4.69, 9.17) is 0 Å². The maximum atomic E-state index is 4.22. The van der Waals surface area contributed by atoms with Gasteiger partial charge in [0.05, 0.1) is 16.7 Å². The molecule has 0 radical (unpaired) electrons. The molecule has 0 bridgehead atoms. The number of hydrogen-bond donors (Lipinski definition) is 0. The van der Waals surface area contributed by atoms with E-state index in [1.54, 1.807) is 6.20 Å². The number of benzene rings is 4. The second-order valence-electron chi connectivity index (χ2n) is 10.3. The van der Waals surface area contributed by atoms with Crippen LogP contribution in [0.3, 0.4) is 0 Å². The van der Waals surface area contributed by atoms with E-state index in [0.717, 1.165) is 22.6 Å². The van der Waals surface area contributed by atoms with Gasteiger partial charge in [0, 0.05) is 6.20 Å². The fourth-order valence-corrected chi connectivity index (χ4v) is 5.43. The SMILES string of the molecule is Cc1cc(C)cc(-n2[c-][n+]3c4c(cccc42)C(C)(C)c2ccc[c-]c2-3)c1.[Ir+3].[c-]1ccccc1-c1ccccn1. The summed E-state index contributed by atoms with van der Waals surface area (Å²) < 4.78 is 4.37. The third-order valence-electron chi connectivity index (χ3n) is 7.20. The maximum Gasteiger partial charge on any atom is 3.00 e. The monoisotopic (exact) mass is 684 g/mol. The van der Waals surface area contributed by atoms with Crippen molar-refractivity contribution in [2.45, 2.75) is 33.1 Å². The Morgan fingerprint density at radius 1 is 0.769 bits per heavy atom. The molecule has 1 aliphatic heterocycles. The number of pyridine rings is 1. The number of fused-ring (bicyclic) bond motifs is 2. The Morgan fingerprint density at radius 2 is 1.51 bits per heavy atom. The summed E-state index contributed by atoms with van der Waals surface area (Å²) in [7, 11) is 0. The predicted octanol–water partition coefficient (Wildman–Crippen LogP) is 7.31. The van der Waals surface area contributed by atoms with Crippen molar-refractivity contribution in [2.75, 3.05) is 0 Å². The largest absolute Gasteiger partial charge is 3.00 e. The van der Waals surface area contributed by atoms with Gasteiger partial charge < -0.3 is 9.55 Å². The van der Waals surface area contributed by atoms with Gasteiger partial charge in [0.25, 0.3) is 6.33 Å². The third-order valence-corrected chi connectivity index (χ3v) is 7.20. The molecule has 2 aromatic heterocycles. The molecule has 0 N–H and O–H groups in total. The molecular weight excluding hydrogens is 655 g/mol. The van der Waals surface area contributed by atoms with E-state index >= 15 is 0 Å². The van der Waals surface area contributed by atoms with Crippen molar-refractivity contribution in [3.8, 4) is 22.6 Å². The van der Waals surface area contributed by atoms with Crippen LogP contribution in [0.1, 0.15) is 36.1 Å². The van der Waals surface area contributed by atoms with Crippen LogP contribution >= 0.6 is 0 Å². The molecule has 0 saturated carbocycles. The molecule has 0 spiro atoms. The van der Waals surface area contributed by atoms with Gasteiger partial charge in [-0.3, -0.25) is 4.57 Å². The van der Waals surface area contributed by atoms with Crippen LogP contribution in [0.2, 0.25) is 0 Å². The van der Waals surface area contributed by atoms with Gasteiger partial charge in [-0.1, -0.05) is 61.4 Å². The zero-order chi connectivity index (χ0) is 26.3. The van der Waals surface area contributed by atoms with Gasteiger partial charge in [0.2, 0.25) is 0 Å². The first kappa shape index (κ1) is 26.7. The van der Waals surface area contributed by atoms with E-state index in [0.29, 0.717) is 0 Å². The molecule has 7 rings (SSSR count). The fraction of sp³-hybridized carbons (Fsp3) is 0.143. The van der Waals surface area contributed by atoms with Crippen molar-refractivity contribution in [1.29, 1.82) is 0 Å². The fourth-order valence-electron chi connectivity index (χ4n) is 5.43. The third kappa shape index (κ3) is 4.87. The van der Waals surface area contributed by atoms with Crippen LogP contribution in [0, 0.1) is 32.3 Å². The van der Waals surface area contributed by atoms with Crippen LogP contribution < -0.4 is 4.57 Å². The minimum atomic E-state index is -0.0604. The van der Waals surface area contributed by atoms with Crippen LogP contribution in [0.15, 0.2) is 103 Å². The van der Waals surface area contributed by atoms with Gasteiger partial charge in [-0.15, -0.1) is 41.5 Å². The van der Waals surface area contributed by atoms with Crippen LogP contribution in [0.5, 0.6) is 0 Å². The number of imidazole rings is 1. The summed E-state index contributed by atoms with van der Waals surface area (Å²) in [6, 6.07) is 39.8. The zero-order valence-corrected chi connectivity index (χ0v) is 24.9. The van der Waals surface area contributed by atoms with Crippen molar-refractivity contribution in [1.82, 2.24) is 9.55 Å². The van der Waals surface area contributed by atoms with Gasteiger partial charge in [-0.25, -0.2) is 0 Å². The van der Waals surface area contributed by atoms with E-state index in [9.17, 15) is 0 Å². The Balaban J connectivity index is 0.000000200. The summed E-state index contributed by atoms with van der Waals surface area (Å²) in [4.78, 5) is 4.22. The van der Waals surface area contributed by atoms with Crippen LogP contribution in [0.25, 0.3) is 33.7 Å². The molecular formula is C35H29IrN3+. The van der Waals surface area contributed by atoms with Crippen molar-refractivity contribution >= 4 is 11.0 Å². The topological polar surface area (TPSA) is 21.7 Å². The first-order chi connectivity index (χ1) is 18.4. The predicted molar refractivity (Wildman–Crippen MR) is 153 cm³/mol. The second kappa shape index (κ2) is 10.7. The quantitative estimate of drug-likeness (QED) is 0.139. The number of aryl methyl sites for hydroxylation is 2. The minimum absolute atomic E-state index is 0. The Kier molecular flexibility index (Phi) is 7.36. The summed E-state index contributed by atoms with van der Waals surface area (Å²) in [5.74, 6) is 0. The van der Waals surface area contributed by atoms with Gasteiger partial charge >= 0.3 is 20.1 Å². The van der Waals surface area contributed by atoms with Crippen LogP contribution in [0.4, 0.5) is 0 Å². The molecule has 192 valence electrons. The summed E-state index contributed by atoms with van der Waals surface area (Å²) in [5.41, 5.74) is 11.8. The second-order valence-corrected chi connectivity index (χ2v) is 10.3. The molecule has 0 saturated heterocycles. The summed E-state index contributed by atoms with van der Waals surface area (Å²) in [6.45, 7) is 8.89. The Bertz CT molecular complexity index is 1690. The molecule has 39 heavy (non-hydrogen) atoms. The summed E-state index contributed by atoms with van der Waals surface area (Å²) in [5, 5.41) is 0. The molecule has 0 fully saturated rings. The average molecular weight is 684 g/mol. The molecule has 3 nitrogen and oxygen atoms in total. The number of aromatic nitrogens is 3. The molecule has 0 amide bonds. The zero-order valence-electron chi connectivity index (χ0n) is 22.5. The van der Waals surface area contributed by atoms with Gasteiger partial charge in [-0.2, -0.15) is 24.3 Å². The maximum absolute atomic E-state index is 4.22. The minimum Gasteiger partial charge on any atom is -0.314 e. The van der Waals surface area contributed by atoms with Gasteiger partial charge in [-0.05, 0) is 54.4 Å². The van der Waals surface area contributed by atoms with Crippen LogP contribution in [-0.4, -0.2) is 9.55 Å². The molecule has 0 atom stereocenters. The van der Waals surface area contributed by atoms with E-state index in [2.05, 4.69) is 109 Å². The van der Waals surface area contributed by atoms with Gasteiger partial charge in [0.1, 0.15) is 0 Å². The Morgan fingerprint density at radius 3 is 2.23 bits per heavy atom. The van der Waals surface area contributed by atoms with E-state index < -0.39 is 0 Å². The molecule has 4 aromatic carbocycles. The van der Waals surface area contributed by atoms with E-state index in [1.165, 1.54) is 33.3 Å². The molecule has 0 unspecified atom stereocenters. The molecule has 4 heteroatoms. The van der Waals surface area contributed by atoms with Gasteiger partial charge in [0.15, 0.2) is 0 Å². The molecule has 3 heterocycles. The number of para-hydroxylation sites is 2. The smallest absolute Gasteiger partial charge is 0.314 e. The average Bonchev–Trinajstić information content (AvgIpc) is 3.33. The van der Waals surface area contributed by atoms with Crippen molar-refractivity contribution in [3.05, 3.63) is 144 Å². The van der Waals surface area contributed by atoms with E-state index in [1.807, 2.05) is 48.5 Å².